The molecule has 1 aliphatic heterocycles. The number of aromatic amines is 1. The number of amides is 1. The maximum Gasteiger partial charge on any atom is 0.432 e. The number of aromatic nitrogens is 4. The van der Waals surface area contributed by atoms with Crippen LogP contribution in [0.3, 0.4) is 0 Å². The fourth-order valence-electron chi connectivity index (χ4n) is 2.78. The third-order valence-corrected chi connectivity index (χ3v) is 4.27. The van der Waals surface area contributed by atoms with Gasteiger partial charge in [-0.2, -0.15) is 23.4 Å². The van der Waals surface area contributed by atoms with Crippen molar-refractivity contribution in [3.63, 3.8) is 0 Å². The molecule has 2 aromatic rings. The standard InChI is InChI=1S/C15H17F3N6O2/c1-23-13(25)4-10(7-20-23)24-3-2-9(8-24)6-19-14(26)11-5-12(22-21-11)15(16,17)18/h4-5,7,9H,2-3,6,8H2,1H3,(H,19,26)(H,21,22). The van der Waals surface area contributed by atoms with Crippen molar-refractivity contribution < 1.29 is 18.0 Å². The summed E-state index contributed by atoms with van der Waals surface area (Å²) in [5.41, 5.74) is -0.863. The Morgan fingerprint density at radius 2 is 2.19 bits per heavy atom. The first-order valence-corrected chi connectivity index (χ1v) is 7.93. The van der Waals surface area contributed by atoms with Crippen molar-refractivity contribution in [1.29, 1.82) is 0 Å². The maximum absolute atomic E-state index is 12.5. The van der Waals surface area contributed by atoms with E-state index in [9.17, 15) is 22.8 Å². The summed E-state index contributed by atoms with van der Waals surface area (Å²) in [6.07, 6.45) is -2.19. The first-order valence-electron chi connectivity index (χ1n) is 7.93. The molecule has 1 fully saturated rings. The molecular formula is C15H17F3N6O2. The van der Waals surface area contributed by atoms with E-state index in [2.05, 4.69) is 15.5 Å². The van der Waals surface area contributed by atoms with Gasteiger partial charge in [0.15, 0.2) is 5.69 Å². The van der Waals surface area contributed by atoms with Crippen molar-refractivity contribution >= 4 is 11.6 Å². The average molecular weight is 370 g/mol. The molecule has 1 amide bonds. The largest absolute Gasteiger partial charge is 0.432 e. The number of nitrogens with one attached hydrogen (secondary N) is 2. The Hall–Kier alpha value is -2.85. The lowest BCUT2D eigenvalue weighted by Gasteiger charge is -2.18. The molecule has 1 unspecified atom stereocenters. The number of H-pyrrole nitrogens is 1. The van der Waals surface area contributed by atoms with Gasteiger partial charge in [-0.15, -0.1) is 0 Å². The lowest BCUT2D eigenvalue weighted by atomic mass is 10.1. The molecule has 0 aliphatic carbocycles. The van der Waals surface area contributed by atoms with E-state index >= 15 is 0 Å². The molecule has 0 saturated carbocycles. The van der Waals surface area contributed by atoms with Crippen molar-refractivity contribution in [2.24, 2.45) is 13.0 Å². The van der Waals surface area contributed by atoms with Gasteiger partial charge >= 0.3 is 6.18 Å². The fraction of sp³-hybridized carbons (Fsp3) is 0.467. The Bertz CT molecular complexity index is 860. The highest BCUT2D eigenvalue weighted by Crippen LogP contribution is 2.27. The summed E-state index contributed by atoms with van der Waals surface area (Å²) in [4.78, 5) is 25.6. The van der Waals surface area contributed by atoms with Crippen molar-refractivity contribution in [1.82, 2.24) is 25.3 Å². The predicted molar refractivity (Wildman–Crippen MR) is 85.7 cm³/mol. The zero-order chi connectivity index (χ0) is 18.9. The normalized spacial score (nSPS) is 17.5. The van der Waals surface area contributed by atoms with Gasteiger partial charge in [-0.3, -0.25) is 14.7 Å². The number of hydrogen-bond acceptors (Lipinski definition) is 5. The lowest BCUT2D eigenvalue weighted by Crippen LogP contribution is -2.31. The van der Waals surface area contributed by atoms with Gasteiger partial charge in [-0.25, -0.2) is 4.68 Å². The molecule has 140 valence electrons. The Kier molecular flexibility index (Phi) is 4.70. The topological polar surface area (TPSA) is 95.9 Å². The number of anilines is 1. The number of alkyl halides is 3. The average Bonchev–Trinajstić information content (AvgIpc) is 3.24. The number of nitrogens with zero attached hydrogens (tertiary/aromatic N) is 4. The zero-order valence-corrected chi connectivity index (χ0v) is 13.9. The van der Waals surface area contributed by atoms with Crippen molar-refractivity contribution in [2.75, 3.05) is 24.5 Å². The van der Waals surface area contributed by atoms with E-state index in [4.69, 9.17) is 0 Å². The molecule has 11 heteroatoms. The molecule has 2 aromatic heterocycles. The number of hydrogen-bond donors (Lipinski definition) is 2. The van der Waals surface area contributed by atoms with E-state index in [0.29, 0.717) is 31.4 Å². The molecule has 1 aliphatic rings. The number of carbonyl (C=O) groups excluding carboxylic acids is 1. The highest BCUT2D eigenvalue weighted by molar-refractivity contribution is 5.92. The minimum atomic E-state index is -4.57. The molecule has 3 rings (SSSR count). The molecule has 26 heavy (non-hydrogen) atoms. The Morgan fingerprint density at radius 1 is 1.42 bits per heavy atom. The molecule has 0 spiro atoms. The molecule has 0 radical (unpaired) electrons. The van der Waals surface area contributed by atoms with Crippen LogP contribution >= 0.6 is 0 Å². The first kappa shape index (κ1) is 18.0. The van der Waals surface area contributed by atoms with Crippen LogP contribution < -0.4 is 15.8 Å². The summed E-state index contributed by atoms with van der Waals surface area (Å²) in [5, 5.41) is 11.8. The summed E-state index contributed by atoms with van der Waals surface area (Å²) in [6.45, 7) is 1.63. The van der Waals surface area contributed by atoms with Gasteiger partial charge in [0.25, 0.3) is 11.5 Å². The summed E-state index contributed by atoms with van der Waals surface area (Å²) in [5.74, 6) is -0.547. The summed E-state index contributed by atoms with van der Waals surface area (Å²) in [7, 11) is 1.56. The van der Waals surface area contributed by atoms with Crippen molar-refractivity contribution in [2.45, 2.75) is 12.6 Å². The third-order valence-electron chi connectivity index (χ3n) is 4.27. The molecule has 2 N–H and O–H groups in total. The highest BCUT2D eigenvalue weighted by atomic mass is 19.4. The SMILES string of the molecule is Cn1ncc(N2CCC(CNC(=O)c3cc(C(F)(F)F)[nH]n3)C2)cc1=O. The van der Waals surface area contributed by atoms with Gasteiger partial charge in [-0.05, 0) is 12.3 Å². The van der Waals surface area contributed by atoms with E-state index < -0.39 is 17.8 Å². The molecule has 1 saturated heterocycles. The van der Waals surface area contributed by atoms with Crippen LogP contribution in [-0.2, 0) is 13.2 Å². The number of halogens is 3. The minimum Gasteiger partial charge on any atom is -0.370 e. The maximum atomic E-state index is 12.5. The van der Waals surface area contributed by atoms with Crippen molar-refractivity contribution in [3.8, 4) is 0 Å². The van der Waals surface area contributed by atoms with Crippen LogP contribution in [0, 0.1) is 5.92 Å². The molecule has 1 atom stereocenters. The van der Waals surface area contributed by atoms with Crippen LogP contribution in [-0.4, -0.2) is 45.5 Å². The molecule has 0 aromatic carbocycles. The molecule has 3 heterocycles. The number of aryl methyl sites for hydroxylation is 1. The van der Waals surface area contributed by atoms with Gasteiger partial charge in [0, 0.05) is 38.8 Å². The summed E-state index contributed by atoms with van der Waals surface area (Å²) in [6, 6.07) is 2.18. The minimum absolute atomic E-state index is 0.115. The predicted octanol–water partition coefficient (Wildman–Crippen LogP) is 0.779. The number of carbonyl (C=O) groups is 1. The van der Waals surface area contributed by atoms with E-state index in [-0.39, 0.29) is 17.2 Å². The summed E-state index contributed by atoms with van der Waals surface area (Å²) >= 11 is 0. The summed E-state index contributed by atoms with van der Waals surface area (Å²) < 4.78 is 38.8. The van der Waals surface area contributed by atoms with E-state index in [0.717, 1.165) is 6.42 Å². The number of rotatable bonds is 4. The van der Waals surface area contributed by atoms with Gasteiger partial charge < -0.3 is 10.2 Å². The smallest absolute Gasteiger partial charge is 0.370 e. The van der Waals surface area contributed by atoms with Crippen LogP contribution in [0.1, 0.15) is 22.6 Å². The van der Waals surface area contributed by atoms with Gasteiger partial charge in [-0.1, -0.05) is 0 Å². The monoisotopic (exact) mass is 370 g/mol. The second-order valence-electron chi connectivity index (χ2n) is 6.15. The molecule has 0 bridgehead atoms. The molecular weight excluding hydrogens is 353 g/mol. The van der Waals surface area contributed by atoms with Crippen LogP contribution in [0.2, 0.25) is 0 Å². The van der Waals surface area contributed by atoms with Gasteiger partial charge in [0.1, 0.15) is 5.69 Å². The zero-order valence-electron chi connectivity index (χ0n) is 13.9. The first-order chi connectivity index (χ1) is 12.2. The lowest BCUT2D eigenvalue weighted by molar-refractivity contribution is -0.141. The second-order valence-corrected chi connectivity index (χ2v) is 6.15. The fourth-order valence-corrected chi connectivity index (χ4v) is 2.78. The Labute approximate surface area is 146 Å². The van der Waals surface area contributed by atoms with E-state index in [1.807, 2.05) is 10.00 Å². The quantitative estimate of drug-likeness (QED) is 0.829. The van der Waals surface area contributed by atoms with Crippen LogP contribution in [0.4, 0.5) is 18.9 Å². The van der Waals surface area contributed by atoms with Crippen LogP contribution in [0.15, 0.2) is 23.1 Å². The Morgan fingerprint density at radius 3 is 2.85 bits per heavy atom. The highest BCUT2D eigenvalue weighted by Gasteiger charge is 2.34. The van der Waals surface area contributed by atoms with Crippen LogP contribution in [0.5, 0.6) is 0 Å². The third kappa shape index (κ3) is 3.86. The van der Waals surface area contributed by atoms with E-state index in [1.165, 1.54) is 10.7 Å². The van der Waals surface area contributed by atoms with Gasteiger partial charge in [0.05, 0.1) is 11.9 Å². The molecule has 8 nitrogen and oxygen atoms in total. The Balaban J connectivity index is 1.54. The van der Waals surface area contributed by atoms with E-state index in [1.54, 1.807) is 13.2 Å². The van der Waals surface area contributed by atoms with Crippen LogP contribution in [0.25, 0.3) is 0 Å². The second kappa shape index (κ2) is 6.81. The van der Waals surface area contributed by atoms with Gasteiger partial charge in [0.2, 0.25) is 0 Å². The van der Waals surface area contributed by atoms with Crippen molar-refractivity contribution in [3.05, 3.63) is 40.1 Å².